The maximum Gasteiger partial charge on any atom is 0.269 e. The summed E-state index contributed by atoms with van der Waals surface area (Å²) in [7, 11) is 0. The second-order valence-corrected chi connectivity index (χ2v) is 3.40. The van der Waals surface area contributed by atoms with Crippen molar-refractivity contribution in [3.63, 3.8) is 0 Å². The van der Waals surface area contributed by atoms with Crippen LogP contribution >= 0.6 is 0 Å². The van der Waals surface area contributed by atoms with Crippen LogP contribution in [0.3, 0.4) is 0 Å². The summed E-state index contributed by atoms with van der Waals surface area (Å²) in [6, 6.07) is 1.33. The third-order valence-corrected chi connectivity index (χ3v) is 2.14. The van der Waals surface area contributed by atoms with Gasteiger partial charge >= 0.3 is 0 Å². The summed E-state index contributed by atoms with van der Waals surface area (Å²) in [6.07, 6.45) is 5.70. The number of pyridine rings is 1. The highest BCUT2D eigenvalue weighted by atomic mass is 19.1. The molecule has 2 heterocycles. The fourth-order valence-corrected chi connectivity index (χ4v) is 1.45. The number of nitrogens with two attached hydrogens (primary N) is 1. The molecule has 0 aromatic carbocycles. The van der Waals surface area contributed by atoms with Crippen LogP contribution in [-0.4, -0.2) is 20.9 Å². The fraction of sp³-hybridized carbons (Fsp3) is 0.0909. The summed E-state index contributed by atoms with van der Waals surface area (Å²) in [4.78, 5) is 22.7. The Morgan fingerprint density at radius 1 is 1.29 bits per heavy atom. The smallest absolute Gasteiger partial charge is 0.269 e. The number of halogens is 1. The van der Waals surface area contributed by atoms with Gasteiger partial charge in [-0.15, -0.1) is 0 Å². The number of hydrogen-bond donors (Lipinski definition) is 1. The molecule has 0 aliphatic rings. The van der Waals surface area contributed by atoms with E-state index >= 15 is 0 Å². The minimum absolute atomic E-state index is 0.0942. The minimum Gasteiger partial charge on any atom is -0.364 e. The van der Waals surface area contributed by atoms with E-state index in [0.717, 1.165) is 6.20 Å². The number of carbonyl (C=O) groups excluding carboxylic acids is 1. The molecular weight excluding hydrogens is 223 g/mol. The lowest BCUT2D eigenvalue weighted by molar-refractivity contribution is 0.0994. The summed E-state index contributed by atoms with van der Waals surface area (Å²) < 4.78 is 12.9. The van der Waals surface area contributed by atoms with Crippen molar-refractivity contribution in [1.82, 2.24) is 15.0 Å². The van der Waals surface area contributed by atoms with Crippen LogP contribution in [0.25, 0.3) is 0 Å². The predicted octanol–water partition coefficient (Wildman–Crippen LogP) is 0.700. The SMILES string of the molecule is NC(=O)c1nccnc1Cc1cncc(F)c1. The number of rotatable bonds is 3. The average Bonchev–Trinajstić information content (AvgIpc) is 2.29. The molecule has 2 aromatic heterocycles. The molecule has 17 heavy (non-hydrogen) atoms. The summed E-state index contributed by atoms with van der Waals surface area (Å²) in [5, 5.41) is 0. The van der Waals surface area contributed by atoms with Crippen molar-refractivity contribution in [2.75, 3.05) is 0 Å². The number of aromatic nitrogens is 3. The van der Waals surface area contributed by atoms with Gasteiger partial charge in [-0.3, -0.25) is 14.8 Å². The van der Waals surface area contributed by atoms with Crippen LogP contribution in [-0.2, 0) is 6.42 Å². The van der Waals surface area contributed by atoms with Crippen molar-refractivity contribution in [3.05, 3.63) is 53.6 Å². The second-order valence-electron chi connectivity index (χ2n) is 3.40. The molecule has 0 unspecified atom stereocenters. The molecule has 0 saturated heterocycles. The molecule has 2 rings (SSSR count). The summed E-state index contributed by atoms with van der Waals surface area (Å²) in [6.45, 7) is 0. The molecule has 0 fully saturated rings. The zero-order valence-corrected chi connectivity index (χ0v) is 8.80. The lowest BCUT2D eigenvalue weighted by atomic mass is 10.1. The molecule has 0 radical (unpaired) electrons. The number of nitrogens with zero attached hydrogens (tertiary/aromatic N) is 3. The van der Waals surface area contributed by atoms with Crippen molar-refractivity contribution < 1.29 is 9.18 Å². The number of primary amides is 1. The Hall–Kier alpha value is -2.37. The minimum atomic E-state index is -0.655. The zero-order chi connectivity index (χ0) is 12.3. The molecule has 0 atom stereocenters. The van der Waals surface area contributed by atoms with E-state index in [1.54, 1.807) is 0 Å². The fourth-order valence-electron chi connectivity index (χ4n) is 1.45. The van der Waals surface area contributed by atoms with Gasteiger partial charge in [0, 0.05) is 25.0 Å². The van der Waals surface area contributed by atoms with Gasteiger partial charge in [0.2, 0.25) is 0 Å². The van der Waals surface area contributed by atoms with Crippen LogP contribution in [0.4, 0.5) is 4.39 Å². The summed E-state index contributed by atoms with van der Waals surface area (Å²) in [5.74, 6) is -1.09. The van der Waals surface area contributed by atoms with Crippen molar-refractivity contribution in [3.8, 4) is 0 Å². The molecule has 1 amide bonds. The van der Waals surface area contributed by atoms with E-state index in [-0.39, 0.29) is 12.1 Å². The van der Waals surface area contributed by atoms with Gasteiger partial charge in [0.25, 0.3) is 5.91 Å². The van der Waals surface area contributed by atoms with Crippen LogP contribution < -0.4 is 5.73 Å². The molecule has 6 heteroatoms. The topological polar surface area (TPSA) is 81.8 Å². The van der Waals surface area contributed by atoms with E-state index in [2.05, 4.69) is 15.0 Å². The van der Waals surface area contributed by atoms with E-state index in [1.807, 2.05) is 0 Å². The van der Waals surface area contributed by atoms with Gasteiger partial charge in [-0.2, -0.15) is 0 Å². The predicted molar refractivity (Wildman–Crippen MR) is 57.6 cm³/mol. The number of hydrogen-bond acceptors (Lipinski definition) is 4. The van der Waals surface area contributed by atoms with Crippen LogP contribution in [0, 0.1) is 5.82 Å². The highest BCUT2D eigenvalue weighted by Gasteiger charge is 2.11. The molecule has 2 aromatic rings. The zero-order valence-electron chi connectivity index (χ0n) is 8.80. The second kappa shape index (κ2) is 4.65. The number of amides is 1. The van der Waals surface area contributed by atoms with Crippen LogP contribution in [0.5, 0.6) is 0 Å². The Morgan fingerprint density at radius 2 is 2.06 bits per heavy atom. The normalized spacial score (nSPS) is 10.2. The Morgan fingerprint density at radius 3 is 2.76 bits per heavy atom. The van der Waals surface area contributed by atoms with E-state index in [1.165, 1.54) is 24.7 Å². The van der Waals surface area contributed by atoms with Crippen LogP contribution in [0.15, 0.2) is 30.9 Å². The summed E-state index contributed by atoms with van der Waals surface area (Å²) >= 11 is 0. The van der Waals surface area contributed by atoms with E-state index in [9.17, 15) is 9.18 Å². The molecule has 0 bridgehead atoms. The van der Waals surface area contributed by atoms with Gasteiger partial charge in [-0.25, -0.2) is 9.37 Å². The standard InChI is InChI=1S/C11H9FN4O/c12-8-3-7(5-14-6-8)4-9-10(11(13)17)16-2-1-15-9/h1-3,5-6H,4H2,(H2,13,17). The largest absolute Gasteiger partial charge is 0.364 e. The molecular formula is C11H9FN4O. The molecule has 0 saturated carbocycles. The molecule has 2 N–H and O–H groups in total. The first kappa shape index (κ1) is 11.1. The Kier molecular flexibility index (Phi) is 3.04. The van der Waals surface area contributed by atoms with Gasteiger partial charge < -0.3 is 5.73 Å². The van der Waals surface area contributed by atoms with Gasteiger partial charge in [-0.1, -0.05) is 0 Å². The van der Waals surface area contributed by atoms with Crippen molar-refractivity contribution in [2.45, 2.75) is 6.42 Å². The van der Waals surface area contributed by atoms with Gasteiger partial charge in [0.1, 0.15) is 11.5 Å². The molecule has 86 valence electrons. The highest BCUT2D eigenvalue weighted by molar-refractivity contribution is 5.91. The first-order valence-corrected chi connectivity index (χ1v) is 4.86. The molecule has 0 spiro atoms. The monoisotopic (exact) mass is 232 g/mol. The average molecular weight is 232 g/mol. The van der Waals surface area contributed by atoms with Crippen molar-refractivity contribution in [2.24, 2.45) is 5.73 Å². The van der Waals surface area contributed by atoms with E-state index in [4.69, 9.17) is 5.73 Å². The van der Waals surface area contributed by atoms with Crippen LogP contribution in [0.2, 0.25) is 0 Å². The maximum absolute atomic E-state index is 12.9. The highest BCUT2D eigenvalue weighted by Crippen LogP contribution is 2.09. The van der Waals surface area contributed by atoms with E-state index in [0.29, 0.717) is 11.3 Å². The quantitative estimate of drug-likeness (QED) is 0.844. The third kappa shape index (κ3) is 2.60. The summed E-state index contributed by atoms with van der Waals surface area (Å²) in [5.41, 5.74) is 6.28. The van der Waals surface area contributed by atoms with Gasteiger partial charge in [0.05, 0.1) is 11.9 Å². The lowest BCUT2D eigenvalue weighted by Gasteiger charge is -2.04. The van der Waals surface area contributed by atoms with Crippen molar-refractivity contribution >= 4 is 5.91 Å². The first-order valence-electron chi connectivity index (χ1n) is 4.86. The Balaban J connectivity index is 2.33. The molecule has 0 aliphatic carbocycles. The maximum atomic E-state index is 12.9. The molecule has 0 aliphatic heterocycles. The van der Waals surface area contributed by atoms with Crippen molar-refractivity contribution in [1.29, 1.82) is 0 Å². The number of carbonyl (C=O) groups is 1. The Bertz CT molecular complexity index is 559. The molecule has 5 nitrogen and oxygen atoms in total. The Labute approximate surface area is 96.5 Å². The van der Waals surface area contributed by atoms with E-state index < -0.39 is 11.7 Å². The third-order valence-electron chi connectivity index (χ3n) is 2.14. The first-order chi connectivity index (χ1) is 8.16. The lowest BCUT2D eigenvalue weighted by Crippen LogP contribution is -2.17. The van der Waals surface area contributed by atoms with Crippen LogP contribution in [0.1, 0.15) is 21.7 Å². The van der Waals surface area contributed by atoms with Gasteiger partial charge in [0.15, 0.2) is 0 Å². The van der Waals surface area contributed by atoms with Gasteiger partial charge in [-0.05, 0) is 11.6 Å².